The number of nitrogens with zero attached hydrogens (tertiary/aromatic N) is 4. The van der Waals surface area contributed by atoms with Crippen molar-refractivity contribution in [2.45, 2.75) is 25.2 Å². The predicted octanol–water partition coefficient (Wildman–Crippen LogP) is 2.05. The van der Waals surface area contributed by atoms with E-state index in [9.17, 15) is 4.79 Å². The molecule has 1 N–H and O–H groups in total. The Hall–Kier alpha value is -2.90. The van der Waals surface area contributed by atoms with Gasteiger partial charge in [0.1, 0.15) is 0 Å². The number of fused-ring (bicyclic) bond motifs is 1. The number of aliphatic imine (C=N–C) groups is 1. The van der Waals surface area contributed by atoms with Gasteiger partial charge in [-0.15, -0.1) is 0 Å². The van der Waals surface area contributed by atoms with Crippen LogP contribution in [-0.2, 0) is 17.8 Å². The fourth-order valence-corrected chi connectivity index (χ4v) is 4.48. The van der Waals surface area contributed by atoms with E-state index in [4.69, 9.17) is 4.74 Å². The molecule has 2 saturated heterocycles. The van der Waals surface area contributed by atoms with Gasteiger partial charge in [0.15, 0.2) is 5.96 Å². The minimum Gasteiger partial charge on any atom is -0.373 e. The molecule has 4 rings (SSSR count). The molecule has 0 radical (unpaired) electrons. The lowest BCUT2D eigenvalue weighted by molar-refractivity contribution is -0.0502. The molecular weight excluding hydrogens is 402 g/mol. The zero-order valence-corrected chi connectivity index (χ0v) is 19.2. The molecule has 2 fully saturated rings. The van der Waals surface area contributed by atoms with E-state index in [-0.39, 0.29) is 12.0 Å². The number of rotatable bonds is 5. The molecule has 2 aromatic rings. The number of hydrogen-bond donors (Lipinski definition) is 1. The number of morpholine rings is 1. The lowest BCUT2D eigenvalue weighted by atomic mass is 10.1. The molecule has 2 unspecified atom stereocenters. The van der Waals surface area contributed by atoms with Gasteiger partial charge in [0.2, 0.25) is 0 Å². The third-order valence-corrected chi connectivity index (χ3v) is 6.21. The SMILES string of the molecule is CN=C(NCc1ccc(C(=O)N(C)C)cc1)N1CC2OCCN(Cc3ccccc3)C2C1. The lowest BCUT2D eigenvalue weighted by Crippen LogP contribution is -2.50. The first-order chi connectivity index (χ1) is 15.5. The second-order valence-corrected chi connectivity index (χ2v) is 8.63. The molecule has 0 spiro atoms. The van der Waals surface area contributed by atoms with Gasteiger partial charge >= 0.3 is 0 Å². The number of likely N-dealkylation sites (tertiary alicyclic amines) is 1. The molecule has 0 aromatic heterocycles. The van der Waals surface area contributed by atoms with Crippen molar-refractivity contribution in [3.05, 3.63) is 71.3 Å². The highest BCUT2D eigenvalue weighted by Crippen LogP contribution is 2.24. The normalized spacial score (nSPS) is 21.3. The van der Waals surface area contributed by atoms with Gasteiger partial charge < -0.3 is 19.9 Å². The minimum absolute atomic E-state index is 0.0139. The topological polar surface area (TPSA) is 60.4 Å². The summed E-state index contributed by atoms with van der Waals surface area (Å²) in [6, 6.07) is 18.7. The molecule has 170 valence electrons. The number of amides is 1. The van der Waals surface area contributed by atoms with E-state index >= 15 is 0 Å². The summed E-state index contributed by atoms with van der Waals surface area (Å²) in [7, 11) is 5.35. The predicted molar refractivity (Wildman–Crippen MR) is 127 cm³/mol. The Kier molecular flexibility index (Phi) is 7.07. The fourth-order valence-electron chi connectivity index (χ4n) is 4.48. The average Bonchev–Trinajstić information content (AvgIpc) is 3.25. The van der Waals surface area contributed by atoms with E-state index in [2.05, 4.69) is 50.4 Å². The molecule has 2 aliphatic heterocycles. The molecule has 0 aliphatic carbocycles. The summed E-state index contributed by atoms with van der Waals surface area (Å²) in [6.45, 7) is 5.06. The molecule has 0 saturated carbocycles. The number of ether oxygens (including phenoxy) is 1. The molecule has 32 heavy (non-hydrogen) atoms. The van der Waals surface area contributed by atoms with Gasteiger partial charge in [0.25, 0.3) is 5.91 Å². The number of carbonyl (C=O) groups excluding carboxylic acids is 1. The van der Waals surface area contributed by atoms with Crippen molar-refractivity contribution < 1.29 is 9.53 Å². The quantitative estimate of drug-likeness (QED) is 0.575. The van der Waals surface area contributed by atoms with Crippen molar-refractivity contribution in [1.29, 1.82) is 0 Å². The van der Waals surface area contributed by atoms with Gasteiger partial charge in [-0.05, 0) is 23.3 Å². The smallest absolute Gasteiger partial charge is 0.253 e. The number of benzene rings is 2. The van der Waals surface area contributed by atoms with Gasteiger partial charge in [0, 0.05) is 59.4 Å². The number of carbonyl (C=O) groups is 1. The summed E-state index contributed by atoms with van der Waals surface area (Å²) in [6.07, 6.45) is 0.197. The molecule has 7 heteroatoms. The van der Waals surface area contributed by atoms with E-state index in [1.165, 1.54) is 5.56 Å². The third kappa shape index (κ3) is 5.11. The van der Waals surface area contributed by atoms with E-state index < -0.39 is 0 Å². The molecule has 2 aromatic carbocycles. The van der Waals surface area contributed by atoms with Crippen LogP contribution in [0.15, 0.2) is 59.6 Å². The van der Waals surface area contributed by atoms with Crippen LogP contribution in [0, 0.1) is 0 Å². The van der Waals surface area contributed by atoms with Gasteiger partial charge in [-0.2, -0.15) is 0 Å². The fraction of sp³-hybridized carbons (Fsp3) is 0.440. The van der Waals surface area contributed by atoms with Crippen molar-refractivity contribution in [2.24, 2.45) is 4.99 Å². The molecule has 2 heterocycles. The van der Waals surface area contributed by atoms with Crippen LogP contribution >= 0.6 is 0 Å². The molecule has 0 bridgehead atoms. The Morgan fingerprint density at radius 2 is 1.84 bits per heavy atom. The highest BCUT2D eigenvalue weighted by Gasteiger charge is 2.41. The number of nitrogens with one attached hydrogen (secondary N) is 1. The van der Waals surface area contributed by atoms with Crippen LogP contribution in [0.4, 0.5) is 0 Å². The largest absolute Gasteiger partial charge is 0.373 e. The molecule has 2 atom stereocenters. The second-order valence-electron chi connectivity index (χ2n) is 8.63. The summed E-state index contributed by atoms with van der Waals surface area (Å²) in [5.74, 6) is 0.899. The standard InChI is InChI=1S/C25H33N5O2/c1-26-25(27-15-19-9-11-21(12-10-19)24(31)28(2)3)30-17-22-23(18-30)32-14-13-29(22)16-20-7-5-4-6-8-20/h4-12,22-23H,13-18H2,1-3H3,(H,26,27). The van der Waals surface area contributed by atoms with Gasteiger partial charge in [-0.1, -0.05) is 42.5 Å². The van der Waals surface area contributed by atoms with Crippen molar-refractivity contribution in [3.8, 4) is 0 Å². The summed E-state index contributed by atoms with van der Waals surface area (Å²) in [5, 5.41) is 3.48. The van der Waals surface area contributed by atoms with Crippen molar-refractivity contribution in [3.63, 3.8) is 0 Å². The third-order valence-electron chi connectivity index (χ3n) is 6.21. The Morgan fingerprint density at radius 1 is 1.09 bits per heavy atom. The van der Waals surface area contributed by atoms with E-state index in [1.807, 2.05) is 31.3 Å². The molecular formula is C25H33N5O2. The summed E-state index contributed by atoms with van der Waals surface area (Å²) in [5.41, 5.74) is 3.15. The summed E-state index contributed by atoms with van der Waals surface area (Å²) >= 11 is 0. The minimum atomic E-state index is 0.0139. The maximum absolute atomic E-state index is 12.1. The number of guanidine groups is 1. The average molecular weight is 436 g/mol. The van der Waals surface area contributed by atoms with Crippen molar-refractivity contribution in [1.82, 2.24) is 20.0 Å². The van der Waals surface area contributed by atoms with Crippen molar-refractivity contribution in [2.75, 3.05) is 47.4 Å². The van der Waals surface area contributed by atoms with E-state index in [0.717, 1.165) is 44.3 Å². The Balaban J connectivity index is 1.35. The van der Waals surface area contributed by atoms with Crippen LogP contribution in [0.25, 0.3) is 0 Å². The Labute approximate surface area is 190 Å². The summed E-state index contributed by atoms with van der Waals surface area (Å²) in [4.78, 5) is 23.0. The van der Waals surface area contributed by atoms with E-state index in [1.54, 1.807) is 19.0 Å². The van der Waals surface area contributed by atoms with Crippen LogP contribution in [-0.4, -0.2) is 86.1 Å². The first-order valence-corrected chi connectivity index (χ1v) is 11.2. The lowest BCUT2D eigenvalue weighted by Gasteiger charge is -2.36. The van der Waals surface area contributed by atoms with Crippen LogP contribution < -0.4 is 5.32 Å². The van der Waals surface area contributed by atoms with Crippen LogP contribution in [0.2, 0.25) is 0 Å². The maximum Gasteiger partial charge on any atom is 0.253 e. The molecule has 7 nitrogen and oxygen atoms in total. The first kappa shape index (κ1) is 22.3. The zero-order chi connectivity index (χ0) is 22.5. The monoisotopic (exact) mass is 435 g/mol. The zero-order valence-electron chi connectivity index (χ0n) is 19.2. The summed E-state index contributed by atoms with van der Waals surface area (Å²) < 4.78 is 6.11. The Morgan fingerprint density at radius 3 is 2.53 bits per heavy atom. The molecule has 2 aliphatic rings. The van der Waals surface area contributed by atoms with Gasteiger partial charge in [-0.25, -0.2) is 0 Å². The number of hydrogen-bond acceptors (Lipinski definition) is 4. The van der Waals surface area contributed by atoms with Crippen LogP contribution in [0.5, 0.6) is 0 Å². The van der Waals surface area contributed by atoms with E-state index in [0.29, 0.717) is 18.2 Å². The van der Waals surface area contributed by atoms with Gasteiger partial charge in [0.05, 0.1) is 18.8 Å². The highest BCUT2D eigenvalue weighted by molar-refractivity contribution is 5.93. The Bertz CT molecular complexity index is 929. The first-order valence-electron chi connectivity index (χ1n) is 11.2. The van der Waals surface area contributed by atoms with Gasteiger partial charge in [-0.3, -0.25) is 14.7 Å². The molecule has 1 amide bonds. The second kappa shape index (κ2) is 10.1. The maximum atomic E-state index is 12.1. The highest BCUT2D eigenvalue weighted by atomic mass is 16.5. The van der Waals surface area contributed by atoms with Crippen LogP contribution in [0.3, 0.4) is 0 Å². The van der Waals surface area contributed by atoms with Crippen molar-refractivity contribution >= 4 is 11.9 Å². The van der Waals surface area contributed by atoms with Crippen LogP contribution in [0.1, 0.15) is 21.5 Å².